The Hall–Kier alpha value is -2.37. The number of nitrogens with one attached hydrogen (secondary N) is 1. The highest BCUT2D eigenvalue weighted by Crippen LogP contribution is 2.19. The maximum atomic E-state index is 13.0. The highest BCUT2D eigenvalue weighted by molar-refractivity contribution is 6.20. The molecule has 1 atom stereocenters. The molecule has 1 N–H and O–H groups in total. The number of esters is 2. The first kappa shape index (κ1) is 32.7. The molecule has 0 fully saturated rings. The number of ketones is 1. The van der Waals surface area contributed by atoms with Crippen LogP contribution < -0.4 is 5.32 Å². The summed E-state index contributed by atoms with van der Waals surface area (Å²) in [6, 6.07) is 6.86. The van der Waals surface area contributed by atoms with Gasteiger partial charge in [-0.1, -0.05) is 84.0 Å². The molecule has 0 aliphatic carbocycles. The van der Waals surface area contributed by atoms with Crippen LogP contribution in [0.2, 0.25) is 0 Å². The van der Waals surface area contributed by atoms with Crippen LogP contribution in [0.15, 0.2) is 24.3 Å². The van der Waals surface area contributed by atoms with Gasteiger partial charge in [-0.3, -0.25) is 14.4 Å². The standard InChI is InChI=1S/C31H51NO5/c1-6-8-9-10-11-12-13-14-15-16-17-18-19-24-32-26-22-20-25(21-23-26)28(33)27(29(34)36-7-2)30(35)37-31(3,4)5/h20-23,27,32H,6-19,24H2,1-5H3. The number of hydrogen-bond donors (Lipinski definition) is 1. The zero-order valence-electron chi connectivity index (χ0n) is 24.0. The number of ether oxygens (including phenoxy) is 2. The highest BCUT2D eigenvalue weighted by Gasteiger charge is 2.39. The Balaban J connectivity index is 2.34. The number of anilines is 1. The van der Waals surface area contributed by atoms with Gasteiger partial charge in [0.15, 0.2) is 5.78 Å². The fraction of sp³-hybridized carbons (Fsp3) is 0.710. The Bertz CT molecular complexity index is 782. The number of benzene rings is 1. The van der Waals surface area contributed by atoms with Crippen molar-refractivity contribution >= 4 is 23.4 Å². The third kappa shape index (κ3) is 14.8. The molecule has 0 heterocycles. The third-order valence-electron chi connectivity index (χ3n) is 6.21. The summed E-state index contributed by atoms with van der Waals surface area (Å²) in [7, 11) is 0. The predicted molar refractivity (Wildman–Crippen MR) is 151 cm³/mol. The van der Waals surface area contributed by atoms with Crippen LogP contribution in [0.1, 0.15) is 128 Å². The molecule has 0 saturated carbocycles. The number of carbonyl (C=O) groups excluding carboxylic acids is 3. The second-order valence-electron chi connectivity index (χ2n) is 10.8. The van der Waals surface area contributed by atoms with E-state index < -0.39 is 29.2 Å². The van der Waals surface area contributed by atoms with Crippen LogP contribution in [0.5, 0.6) is 0 Å². The van der Waals surface area contributed by atoms with E-state index in [1.165, 1.54) is 77.0 Å². The van der Waals surface area contributed by atoms with Crippen LogP contribution in [0.25, 0.3) is 0 Å². The van der Waals surface area contributed by atoms with Gasteiger partial charge in [-0.05, 0) is 58.4 Å². The Morgan fingerprint density at radius 1 is 0.730 bits per heavy atom. The monoisotopic (exact) mass is 517 g/mol. The van der Waals surface area contributed by atoms with E-state index in [2.05, 4.69) is 12.2 Å². The van der Waals surface area contributed by atoms with Gasteiger partial charge in [-0.15, -0.1) is 0 Å². The lowest BCUT2D eigenvalue weighted by Crippen LogP contribution is -2.38. The molecular formula is C31H51NO5. The van der Waals surface area contributed by atoms with Crippen molar-refractivity contribution in [1.29, 1.82) is 0 Å². The summed E-state index contributed by atoms with van der Waals surface area (Å²) < 4.78 is 10.3. The quantitative estimate of drug-likeness (QED) is 0.0819. The summed E-state index contributed by atoms with van der Waals surface area (Å²) >= 11 is 0. The average Bonchev–Trinajstić information content (AvgIpc) is 2.83. The third-order valence-corrected chi connectivity index (χ3v) is 6.21. The average molecular weight is 518 g/mol. The highest BCUT2D eigenvalue weighted by atomic mass is 16.6. The number of hydrogen-bond acceptors (Lipinski definition) is 6. The van der Waals surface area contributed by atoms with E-state index in [9.17, 15) is 14.4 Å². The molecule has 37 heavy (non-hydrogen) atoms. The van der Waals surface area contributed by atoms with Crippen molar-refractivity contribution in [2.75, 3.05) is 18.5 Å². The van der Waals surface area contributed by atoms with E-state index in [0.717, 1.165) is 18.7 Å². The molecule has 1 aromatic rings. The summed E-state index contributed by atoms with van der Waals surface area (Å²) in [6.45, 7) is 9.91. The number of carbonyl (C=O) groups is 3. The van der Waals surface area contributed by atoms with Crippen molar-refractivity contribution in [3.05, 3.63) is 29.8 Å². The lowest BCUT2D eigenvalue weighted by Gasteiger charge is -2.22. The first-order chi connectivity index (χ1) is 17.7. The van der Waals surface area contributed by atoms with E-state index >= 15 is 0 Å². The van der Waals surface area contributed by atoms with E-state index in [-0.39, 0.29) is 12.2 Å². The fourth-order valence-corrected chi connectivity index (χ4v) is 4.19. The number of rotatable bonds is 20. The van der Waals surface area contributed by atoms with Gasteiger partial charge >= 0.3 is 11.9 Å². The van der Waals surface area contributed by atoms with Crippen molar-refractivity contribution in [1.82, 2.24) is 0 Å². The summed E-state index contributed by atoms with van der Waals surface area (Å²) in [5.74, 6) is -4.01. The smallest absolute Gasteiger partial charge is 0.328 e. The van der Waals surface area contributed by atoms with Gasteiger partial charge in [-0.2, -0.15) is 0 Å². The molecule has 1 unspecified atom stereocenters. The maximum absolute atomic E-state index is 13.0. The van der Waals surface area contributed by atoms with Gasteiger partial charge in [0.25, 0.3) is 0 Å². The Morgan fingerprint density at radius 2 is 1.22 bits per heavy atom. The van der Waals surface area contributed by atoms with Crippen LogP contribution in [-0.4, -0.2) is 36.5 Å². The molecule has 0 amide bonds. The molecule has 0 spiro atoms. The minimum atomic E-state index is -1.62. The van der Waals surface area contributed by atoms with E-state index in [1.807, 2.05) is 0 Å². The fourth-order valence-electron chi connectivity index (χ4n) is 4.19. The van der Waals surface area contributed by atoms with Crippen molar-refractivity contribution < 1.29 is 23.9 Å². The Labute approximate surface area is 225 Å². The molecule has 1 rings (SSSR count). The molecule has 0 bridgehead atoms. The molecule has 6 heteroatoms. The van der Waals surface area contributed by atoms with E-state index in [1.54, 1.807) is 52.0 Å². The lowest BCUT2D eigenvalue weighted by molar-refractivity contribution is -0.166. The summed E-state index contributed by atoms with van der Waals surface area (Å²) in [5.41, 5.74) is 0.361. The van der Waals surface area contributed by atoms with Crippen molar-refractivity contribution in [3.63, 3.8) is 0 Å². The first-order valence-electron chi connectivity index (χ1n) is 14.5. The van der Waals surface area contributed by atoms with Gasteiger partial charge in [0, 0.05) is 17.8 Å². The van der Waals surface area contributed by atoms with Gasteiger partial charge in [0.2, 0.25) is 5.92 Å². The second kappa shape index (κ2) is 18.8. The molecule has 0 aliphatic rings. The van der Waals surface area contributed by atoms with Gasteiger partial charge in [-0.25, -0.2) is 0 Å². The zero-order valence-corrected chi connectivity index (χ0v) is 24.0. The predicted octanol–water partition coefficient (Wildman–Crippen LogP) is 7.89. The first-order valence-corrected chi connectivity index (χ1v) is 14.5. The molecule has 6 nitrogen and oxygen atoms in total. The van der Waals surface area contributed by atoms with Gasteiger partial charge < -0.3 is 14.8 Å². The van der Waals surface area contributed by atoms with Crippen molar-refractivity contribution in [2.24, 2.45) is 5.92 Å². The maximum Gasteiger partial charge on any atom is 0.328 e. The van der Waals surface area contributed by atoms with Crippen LogP contribution >= 0.6 is 0 Å². The molecule has 1 aromatic carbocycles. The molecule has 0 aromatic heterocycles. The minimum absolute atomic E-state index is 0.0768. The number of unbranched alkanes of at least 4 members (excludes halogenated alkanes) is 12. The molecule has 0 radical (unpaired) electrons. The van der Waals surface area contributed by atoms with Gasteiger partial charge in [0.05, 0.1) is 6.61 Å². The lowest BCUT2D eigenvalue weighted by atomic mass is 9.97. The topological polar surface area (TPSA) is 81.7 Å². The molecule has 210 valence electrons. The van der Waals surface area contributed by atoms with Crippen LogP contribution in [0.4, 0.5) is 5.69 Å². The summed E-state index contributed by atoms with van der Waals surface area (Å²) in [5, 5.41) is 3.38. The Morgan fingerprint density at radius 3 is 1.68 bits per heavy atom. The Kier molecular flexibility index (Phi) is 16.6. The van der Waals surface area contributed by atoms with Crippen LogP contribution in [0.3, 0.4) is 0 Å². The largest absolute Gasteiger partial charge is 0.465 e. The minimum Gasteiger partial charge on any atom is -0.465 e. The van der Waals surface area contributed by atoms with E-state index in [0.29, 0.717) is 0 Å². The molecular weight excluding hydrogens is 466 g/mol. The zero-order chi connectivity index (χ0) is 27.5. The number of Topliss-reactive ketones (excluding diaryl/α,β-unsaturated/α-hetero) is 1. The molecule has 0 saturated heterocycles. The summed E-state index contributed by atoms with van der Waals surface area (Å²) in [4.78, 5) is 37.9. The SMILES string of the molecule is CCCCCCCCCCCCCCCNc1ccc(C(=O)C(C(=O)OCC)C(=O)OC(C)(C)C)cc1. The van der Waals surface area contributed by atoms with E-state index in [4.69, 9.17) is 9.47 Å². The summed E-state index contributed by atoms with van der Waals surface area (Å²) in [6.07, 6.45) is 17.3. The van der Waals surface area contributed by atoms with Crippen molar-refractivity contribution in [3.8, 4) is 0 Å². The van der Waals surface area contributed by atoms with Crippen LogP contribution in [-0.2, 0) is 19.1 Å². The second-order valence-corrected chi connectivity index (χ2v) is 10.8. The van der Waals surface area contributed by atoms with Crippen LogP contribution in [0, 0.1) is 5.92 Å². The molecule has 0 aliphatic heterocycles. The van der Waals surface area contributed by atoms with Gasteiger partial charge in [0.1, 0.15) is 5.60 Å². The van der Waals surface area contributed by atoms with Crippen molar-refractivity contribution in [2.45, 2.75) is 124 Å². The normalized spacial score (nSPS) is 12.1.